The second-order valence-corrected chi connectivity index (χ2v) is 6.69. The van der Waals surface area contributed by atoms with Crippen molar-refractivity contribution in [2.24, 2.45) is 5.18 Å². The molecule has 1 amide bonds. The van der Waals surface area contributed by atoms with Gasteiger partial charge in [0.1, 0.15) is 5.75 Å². The van der Waals surface area contributed by atoms with Crippen LogP contribution < -0.4 is 0 Å². The van der Waals surface area contributed by atoms with Crippen molar-refractivity contribution >= 4 is 16.7 Å². The minimum absolute atomic E-state index is 0.226. The molecule has 4 heteroatoms. The maximum absolute atomic E-state index is 11.5. The van der Waals surface area contributed by atoms with E-state index in [1.807, 2.05) is 71.9 Å². The van der Waals surface area contributed by atoms with Crippen LogP contribution in [0, 0.1) is 18.8 Å². The molecule has 4 nitrogen and oxygen atoms in total. The van der Waals surface area contributed by atoms with Crippen LogP contribution in [0.5, 0.6) is 5.75 Å². The Hall–Kier alpha value is -3.27. The largest absolute Gasteiger partial charge is 0.507 e. The van der Waals surface area contributed by atoms with Gasteiger partial charge < -0.3 is 5.11 Å². The SMILES string of the molecule is C1=CCC1.CC.CC.Cc1ccc(O)c(-c2ccc3cc(C(=O)N=O)cc(C)c3c2)c1. The molecule has 0 radical (unpaired) electrons. The maximum Gasteiger partial charge on any atom is 0.316 e. The highest BCUT2D eigenvalue weighted by atomic mass is 16.3. The first-order chi connectivity index (χ1) is 15.0. The number of amides is 1. The molecule has 0 unspecified atom stereocenters. The van der Waals surface area contributed by atoms with Crippen molar-refractivity contribution in [1.82, 2.24) is 0 Å². The van der Waals surface area contributed by atoms with Gasteiger partial charge in [0.05, 0.1) is 0 Å². The number of rotatable bonds is 2. The molecule has 3 aromatic carbocycles. The minimum Gasteiger partial charge on any atom is -0.507 e. The van der Waals surface area contributed by atoms with Gasteiger partial charge in [0.25, 0.3) is 0 Å². The number of hydrogen-bond donors (Lipinski definition) is 1. The summed E-state index contributed by atoms with van der Waals surface area (Å²) in [5, 5.41) is 14.4. The van der Waals surface area contributed by atoms with E-state index < -0.39 is 5.91 Å². The van der Waals surface area contributed by atoms with Crippen LogP contribution in [0.2, 0.25) is 0 Å². The molecule has 0 atom stereocenters. The number of phenols is 1. The molecule has 0 saturated carbocycles. The lowest BCUT2D eigenvalue weighted by atomic mass is 9.95. The molecule has 0 spiro atoms. The predicted molar refractivity (Wildman–Crippen MR) is 132 cm³/mol. The lowest BCUT2D eigenvalue weighted by Gasteiger charge is -2.10. The molecule has 31 heavy (non-hydrogen) atoms. The summed E-state index contributed by atoms with van der Waals surface area (Å²) in [6, 6.07) is 14.5. The maximum atomic E-state index is 11.5. The highest BCUT2D eigenvalue weighted by Gasteiger charge is 2.11. The fraction of sp³-hybridized carbons (Fsp3) is 0.296. The summed E-state index contributed by atoms with van der Waals surface area (Å²) in [7, 11) is 0. The van der Waals surface area contributed by atoms with E-state index in [1.54, 1.807) is 18.2 Å². The fourth-order valence-electron chi connectivity index (χ4n) is 2.94. The Morgan fingerprint density at radius 2 is 1.48 bits per heavy atom. The molecular formula is C27H33NO3. The number of benzene rings is 3. The van der Waals surface area contributed by atoms with Crippen molar-refractivity contribution in [3.63, 3.8) is 0 Å². The van der Waals surface area contributed by atoms with Crippen molar-refractivity contribution in [2.45, 2.75) is 54.4 Å². The number of allylic oxidation sites excluding steroid dienone is 2. The van der Waals surface area contributed by atoms with Crippen molar-refractivity contribution in [1.29, 1.82) is 0 Å². The highest BCUT2D eigenvalue weighted by Crippen LogP contribution is 2.33. The van der Waals surface area contributed by atoms with Gasteiger partial charge in [-0.1, -0.05) is 63.6 Å². The third-order valence-electron chi connectivity index (χ3n) is 4.62. The Morgan fingerprint density at radius 1 is 0.871 bits per heavy atom. The molecule has 0 fully saturated rings. The zero-order valence-electron chi connectivity index (χ0n) is 19.4. The molecule has 0 saturated heterocycles. The van der Waals surface area contributed by atoms with E-state index >= 15 is 0 Å². The van der Waals surface area contributed by atoms with Gasteiger partial charge in [-0.05, 0) is 78.9 Å². The molecular weight excluding hydrogens is 386 g/mol. The lowest BCUT2D eigenvalue weighted by molar-refractivity contribution is 0.100. The number of carbonyl (C=O) groups is 1. The van der Waals surface area contributed by atoms with Crippen LogP contribution in [0.3, 0.4) is 0 Å². The first-order valence-electron chi connectivity index (χ1n) is 10.9. The Morgan fingerprint density at radius 3 is 2.03 bits per heavy atom. The Kier molecular flexibility index (Phi) is 10.9. The summed E-state index contributed by atoms with van der Waals surface area (Å²) >= 11 is 0. The topological polar surface area (TPSA) is 66.7 Å². The number of aromatic hydroxyl groups is 1. The summed E-state index contributed by atoms with van der Waals surface area (Å²) in [4.78, 5) is 21.9. The number of nitrogens with zero attached hydrogens (tertiary/aromatic N) is 1. The number of phenolic OH excluding ortho intramolecular Hbond substituents is 1. The highest BCUT2D eigenvalue weighted by molar-refractivity contribution is 6.01. The molecule has 1 N–H and O–H groups in total. The normalized spacial score (nSPS) is 10.9. The van der Waals surface area contributed by atoms with Gasteiger partial charge in [-0.25, -0.2) is 0 Å². The van der Waals surface area contributed by atoms with Crippen molar-refractivity contribution in [2.75, 3.05) is 0 Å². The van der Waals surface area contributed by atoms with Crippen molar-refractivity contribution < 1.29 is 9.90 Å². The van der Waals surface area contributed by atoms with E-state index in [9.17, 15) is 14.8 Å². The second-order valence-electron chi connectivity index (χ2n) is 6.69. The number of nitroso groups, excluding NO2 is 1. The molecule has 0 bridgehead atoms. The zero-order valence-corrected chi connectivity index (χ0v) is 19.4. The van der Waals surface area contributed by atoms with Gasteiger partial charge in [0, 0.05) is 16.3 Å². The average Bonchev–Trinajstić information content (AvgIpc) is 2.76. The van der Waals surface area contributed by atoms with E-state index in [1.165, 1.54) is 12.8 Å². The summed E-state index contributed by atoms with van der Waals surface area (Å²) < 4.78 is 0. The van der Waals surface area contributed by atoms with Gasteiger partial charge in [0.2, 0.25) is 0 Å². The molecule has 0 aromatic heterocycles. The number of hydrogen-bond acceptors (Lipinski definition) is 3. The summed E-state index contributed by atoms with van der Waals surface area (Å²) in [6.07, 6.45) is 7.00. The third-order valence-corrected chi connectivity index (χ3v) is 4.62. The molecule has 0 heterocycles. The van der Waals surface area contributed by atoms with Gasteiger partial charge in [-0.15, -0.1) is 4.91 Å². The Balaban J connectivity index is 0.000000518. The van der Waals surface area contributed by atoms with Gasteiger partial charge in [-0.3, -0.25) is 4.79 Å². The van der Waals surface area contributed by atoms with Crippen molar-refractivity contribution in [3.05, 3.63) is 82.3 Å². The zero-order chi connectivity index (χ0) is 23.4. The van der Waals surface area contributed by atoms with Crippen LogP contribution in [-0.2, 0) is 0 Å². The number of fused-ring (bicyclic) bond motifs is 1. The molecule has 4 rings (SSSR count). The first kappa shape index (κ1) is 25.8. The van der Waals surface area contributed by atoms with E-state index in [2.05, 4.69) is 17.3 Å². The van der Waals surface area contributed by atoms with Crippen LogP contribution >= 0.6 is 0 Å². The summed E-state index contributed by atoms with van der Waals surface area (Å²) in [6.45, 7) is 11.9. The summed E-state index contributed by atoms with van der Waals surface area (Å²) in [5.41, 5.74) is 3.89. The molecule has 1 aliphatic rings. The van der Waals surface area contributed by atoms with E-state index in [0.717, 1.165) is 33.0 Å². The van der Waals surface area contributed by atoms with E-state index in [-0.39, 0.29) is 11.3 Å². The smallest absolute Gasteiger partial charge is 0.316 e. The van der Waals surface area contributed by atoms with Crippen LogP contribution in [-0.4, -0.2) is 11.0 Å². The fourth-order valence-corrected chi connectivity index (χ4v) is 2.94. The van der Waals surface area contributed by atoms with Crippen LogP contribution in [0.15, 0.2) is 65.9 Å². The number of carbonyl (C=O) groups excluding carboxylic acids is 1. The van der Waals surface area contributed by atoms with Crippen LogP contribution in [0.25, 0.3) is 21.9 Å². The number of aryl methyl sites for hydroxylation is 2. The van der Waals surface area contributed by atoms with Crippen molar-refractivity contribution in [3.8, 4) is 16.9 Å². The molecule has 3 aromatic rings. The van der Waals surface area contributed by atoms with Gasteiger partial charge >= 0.3 is 5.91 Å². The first-order valence-corrected chi connectivity index (χ1v) is 10.9. The van der Waals surface area contributed by atoms with E-state index in [0.29, 0.717) is 0 Å². The van der Waals surface area contributed by atoms with Gasteiger partial charge in [-0.2, -0.15) is 0 Å². The second kappa shape index (κ2) is 13.1. The third kappa shape index (κ3) is 6.88. The lowest BCUT2D eigenvalue weighted by Crippen LogP contribution is -1.95. The monoisotopic (exact) mass is 419 g/mol. The quantitative estimate of drug-likeness (QED) is 0.337. The Labute approximate surface area is 185 Å². The minimum atomic E-state index is -0.768. The Bertz CT molecular complexity index is 1050. The summed E-state index contributed by atoms with van der Waals surface area (Å²) in [5.74, 6) is -0.542. The van der Waals surface area contributed by atoms with Crippen LogP contribution in [0.1, 0.15) is 62.0 Å². The van der Waals surface area contributed by atoms with E-state index in [4.69, 9.17) is 0 Å². The van der Waals surface area contributed by atoms with Crippen LogP contribution in [0.4, 0.5) is 0 Å². The molecule has 164 valence electrons. The molecule has 1 aliphatic carbocycles. The predicted octanol–water partition coefficient (Wildman–Crippen LogP) is 8.12. The molecule has 0 aliphatic heterocycles. The standard InChI is InChI=1S/C19H15NO3.C4H6.2C2H6/c1-11-3-6-18(21)17(7-11)14-5-4-13-9-15(19(22)20-23)8-12(2)16(13)10-14;1-2-4-3-1;2*1-2/h3-10,21H,1-2H3;1-2H,3-4H2;2*1-2H3. The average molecular weight is 420 g/mol. The van der Waals surface area contributed by atoms with Gasteiger partial charge in [0.15, 0.2) is 0 Å².